The van der Waals surface area contributed by atoms with Crippen molar-refractivity contribution in [3.63, 3.8) is 0 Å². The number of carbonyl (C=O) groups is 2. The summed E-state index contributed by atoms with van der Waals surface area (Å²) in [6.07, 6.45) is 2.97. The number of alkyl carbamates (subject to hydrolysis) is 1. The summed E-state index contributed by atoms with van der Waals surface area (Å²) in [4.78, 5) is 27.5. The van der Waals surface area contributed by atoms with E-state index in [9.17, 15) is 9.59 Å². The number of aromatic nitrogens is 2. The van der Waals surface area contributed by atoms with Crippen LogP contribution in [0.3, 0.4) is 0 Å². The molecule has 0 saturated heterocycles. The second-order valence-electron chi connectivity index (χ2n) is 7.19. The molecule has 0 spiro atoms. The minimum Gasteiger partial charge on any atom is -0.467 e. The van der Waals surface area contributed by atoms with Crippen LogP contribution >= 0.6 is 0 Å². The largest absolute Gasteiger partial charge is 0.467 e. The molecule has 0 aliphatic carbocycles. The molecule has 1 atom stereocenters. The highest BCUT2D eigenvalue weighted by Crippen LogP contribution is 2.08. The smallest absolute Gasteiger partial charge is 0.408 e. The zero-order valence-electron chi connectivity index (χ0n) is 16.0. The highest BCUT2D eigenvalue weighted by Gasteiger charge is 2.25. The van der Waals surface area contributed by atoms with Crippen molar-refractivity contribution in [2.75, 3.05) is 7.11 Å². The van der Waals surface area contributed by atoms with Crippen LogP contribution in [0.2, 0.25) is 0 Å². The molecular weight excluding hydrogens is 310 g/mol. The second kappa shape index (κ2) is 9.95. The number of hydrogen-bond donors (Lipinski definition) is 1. The predicted molar refractivity (Wildman–Crippen MR) is 92.6 cm³/mol. The van der Waals surface area contributed by atoms with E-state index in [0.717, 1.165) is 5.92 Å². The lowest BCUT2D eigenvalue weighted by molar-refractivity contribution is -0.143. The number of ether oxygens (including phenoxy) is 2. The van der Waals surface area contributed by atoms with Gasteiger partial charge in [0, 0.05) is 19.7 Å². The van der Waals surface area contributed by atoms with Gasteiger partial charge in [-0.3, -0.25) is 0 Å². The first-order valence-corrected chi connectivity index (χ1v) is 7.98. The Hall–Kier alpha value is -2.05. The highest BCUT2D eigenvalue weighted by molar-refractivity contribution is 5.81. The van der Waals surface area contributed by atoms with Crippen LogP contribution in [0, 0.1) is 5.92 Å². The first-order valence-electron chi connectivity index (χ1n) is 7.98. The quantitative estimate of drug-likeness (QED) is 0.852. The number of imidazole rings is 1. The van der Waals surface area contributed by atoms with Gasteiger partial charge in [-0.25, -0.2) is 14.6 Å². The summed E-state index contributed by atoms with van der Waals surface area (Å²) in [6, 6.07) is -0.829. The van der Waals surface area contributed by atoms with Crippen molar-refractivity contribution in [2.45, 2.75) is 59.6 Å². The molecule has 0 aliphatic rings. The zero-order chi connectivity index (χ0) is 18.9. The number of carbonyl (C=O) groups excluding carboxylic acids is 2. The van der Waals surface area contributed by atoms with Crippen LogP contribution in [0.4, 0.5) is 4.79 Å². The predicted octanol–water partition coefficient (Wildman–Crippen LogP) is 2.69. The van der Waals surface area contributed by atoms with E-state index in [1.807, 2.05) is 7.05 Å². The van der Waals surface area contributed by atoms with Gasteiger partial charge in [-0.05, 0) is 26.7 Å². The van der Waals surface area contributed by atoms with E-state index in [0.29, 0.717) is 5.69 Å². The molecule has 1 aromatic rings. The third-order valence-corrected chi connectivity index (χ3v) is 2.35. The number of aryl methyl sites for hydroxylation is 1. The van der Waals surface area contributed by atoms with Gasteiger partial charge >= 0.3 is 12.1 Å². The number of methoxy groups -OCH3 is 1. The molecule has 7 nitrogen and oxygen atoms in total. The topological polar surface area (TPSA) is 82.5 Å². The van der Waals surface area contributed by atoms with Crippen molar-refractivity contribution in [3.8, 4) is 0 Å². The zero-order valence-corrected chi connectivity index (χ0v) is 16.0. The molecule has 1 amide bonds. The molecule has 0 aromatic carbocycles. The lowest BCUT2D eigenvalue weighted by atomic mass is 10.1. The number of nitrogens with zero attached hydrogens (tertiary/aromatic N) is 2. The van der Waals surface area contributed by atoms with Gasteiger partial charge in [0.1, 0.15) is 11.6 Å². The molecule has 0 saturated carbocycles. The van der Waals surface area contributed by atoms with Gasteiger partial charge in [-0.15, -0.1) is 0 Å². The lowest BCUT2D eigenvalue weighted by Crippen LogP contribution is -2.45. The summed E-state index contributed by atoms with van der Waals surface area (Å²) in [5, 5.41) is 2.50. The van der Waals surface area contributed by atoms with E-state index in [2.05, 4.69) is 35.8 Å². The molecular formula is C17H31N3O4. The Bertz CT molecular complexity index is 515. The van der Waals surface area contributed by atoms with Crippen LogP contribution in [0.25, 0.3) is 0 Å². The molecule has 0 unspecified atom stereocenters. The van der Waals surface area contributed by atoms with E-state index in [4.69, 9.17) is 4.74 Å². The van der Waals surface area contributed by atoms with E-state index < -0.39 is 23.7 Å². The van der Waals surface area contributed by atoms with Crippen molar-refractivity contribution in [1.82, 2.24) is 14.9 Å². The molecule has 1 heterocycles. The number of amides is 1. The van der Waals surface area contributed by atoms with Crippen LogP contribution in [0.15, 0.2) is 12.5 Å². The summed E-state index contributed by atoms with van der Waals surface area (Å²) in [6.45, 7) is 11.7. The third kappa shape index (κ3) is 10.6. The van der Waals surface area contributed by atoms with E-state index in [1.165, 1.54) is 7.11 Å². The molecule has 0 bridgehead atoms. The van der Waals surface area contributed by atoms with Gasteiger partial charge < -0.3 is 19.4 Å². The van der Waals surface area contributed by atoms with E-state index >= 15 is 0 Å². The molecule has 138 valence electrons. The summed E-state index contributed by atoms with van der Waals surface area (Å²) in [7, 11) is 3.09. The van der Waals surface area contributed by atoms with Crippen LogP contribution in [-0.2, 0) is 27.7 Å². The number of hydrogen-bond acceptors (Lipinski definition) is 5. The molecule has 1 N–H and O–H groups in total. The van der Waals surface area contributed by atoms with Crippen molar-refractivity contribution in [1.29, 1.82) is 0 Å². The molecule has 0 fully saturated rings. The number of nitrogens with one attached hydrogen (secondary N) is 1. The van der Waals surface area contributed by atoms with Gasteiger partial charge in [-0.2, -0.15) is 0 Å². The first kappa shape index (κ1) is 21.9. The Labute approximate surface area is 144 Å². The van der Waals surface area contributed by atoms with Crippen LogP contribution in [0.5, 0.6) is 0 Å². The minimum atomic E-state index is -0.829. The summed E-state index contributed by atoms with van der Waals surface area (Å²) < 4.78 is 11.6. The average molecular weight is 341 g/mol. The maximum absolute atomic E-state index is 11.7. The maximum atomic E-state index is 11.7. The Morgan fingerprint density at radius 2 is 1.83 bits per heavy atom. The standard InChI is InChI=1S/C13H21N3O4.C4H10/c1-13(2,3)20-12(18)15-10(11(17)19-5)6-9-7-16(4)8-14-9;1-4(2)3/h7-8,10H,6H2,1-5H3,(H,15,18);4H,1-3H3/t10-;/m0./s1. The Balaban J connectivity index is 0.00000118. The summed E-state index contributed by atoms with van der Waals surface area (Å²) >= 11 is 0. The van der Waals surface area contributed by atoms with Crippen LogP contribution < -0.4 is 5.32 Å². The van der Waals surface area contributed by atoms with Crippen molar-refractivity contribution < 1.29 is 19.1 Å². The van der Waals surface area contributed by atoms with E-state index in [-0.39, 0.29) is 6.42 Å². The fourth-order valence-electron chi connectivity index (χ4n) is 1.57. The van der Waals surface area contributed by atoms with Gasteiger partial charge in [0.15, 0.2) is 0 Å². The molecule has 7 heteroatoms. The fourth-order valence-corrected chi connectivity index (χ4v) is 1.57. The van der Waals surface area contributed by atoms with Crippen molar-refractivity contribution in [3.05, 3.63) is 18.2 Å². The summed E-state index contributed by atoms with van der Waals surface area (Å²) in [5.74, 6) is 0.293. The fraction of sp³-hybridized carbons (Fsp3) is 0.706. The molecule has 24 heavy (non-hydrogen) atoms. The Morgan fingerprint density at radius 3 is 2.21 bits per heavy atom. The maximum Gasteiger partial charge on any atom is 0.408 e. The average Bonchev–Trinajstić information content (AvgIpc) is 2.79. The number of esters is 1. The molecule has 0 aliphatic heterocycles. The lowest BCUT2D eigenvalue weighted by Gasteiger charge is -2.22. The highest BCUT2D eigenvalue weighted by atomic mass is 16.6. The first-order chi connectivity index (χ1) is 10.9. The van der Waals surface area contributed by atoms with Crippen molar-refractivity contribution >= 4 is 12.1 Å². The third-order valence-electron chi connectivity index (χ3n) is 2.35. The minimum absolute atomic E-state index is 0.243. The second-order valence-corrected chi connectivity index (χ2v) is 7.19. The Morgan fingerprint density at radius 1 is 1.29 bits per heavy atom. The normalized spacial score (nSPS) is 12.0. The van der Waals surface area contributed by atoms with Gasteiger partial charge in [-0.1, -0.05) is 20.8 Å². The van der Waals surface area contributed by atoms with Crippen molar-refractivity contribution in [2.24, 2.45) is 13.0 Å². The van der Waals surface area contributed by atoms with Crippen LogP contribution in [0.1, 0.15) is 47.2 Å². The SMILES string of the molecule is CC(C)C.COC(=O)[C@H](Cc1cn(C)cn1)NC(=O)OC(C)(C)C. The molecule has 1 rings (SSSR count). The summed E-state index contributed by atoms with van der Waals surface area (Å²) in [5.41, 5.74) is 0.0504. The Kier molecular flexibility index (Phi) is 9.10. The van der Waals surface area contributed by atoms with Gasteiger partial charge in [0.25, 0.3) is 0 Å². The monoisotopic (exact) mass is 341 g/mol. The van der Waals surface area contributed by atoms with Gasteiger partial charge in [0.05, 0.1) is 19.1 Å². The number of rotatable bonds is 4. The van der Waals surface area contributed by atoms with Gasteiger partial charge in [0.2, 0.25) is 0 Å². The van der Waals surface area contributed by atoms with Crippen LogP contribution in [-0.4, -0.2) is 40.4 Å². The molecule has 0 radical (unpaired) electrons. The molecule has 1 aromatic heterocycles. The van der Waals surface area contributed by atoms with E-state index in [1.54, 1.807) is 37.9 Å².